The lowest BCUT2D eigenvalue weighted by Gasteiger charge is -2.10. The molecule has 0 spiro atoms. The number of aromatic nitrogens is 2. The molecular weight excluding hydrogens is 376 g/mol. The largest absolute Gasteiger partial charge is 0.421 e. The molecule has 6 nitrogen and oxygen atoms in total. The Morgan fingerprint density at radius 3 is 2.43 bits per heavy atom. The van der Waals surface area contributed by atoms with Gasteiger partial charge in [0, 0.05) is 30.3 Å². The molecule has 1 heterocycles. The highest BCUT2D eigenvalue weighted by Gasteiger charge is 2.11. The van der Waals surface area contributed by atoms with Gasteiger partial charge >= 0.3 is 0 Å². The van der Waals surface area contributed by atoms with E-state index in [1.807, 2.05) is 73.7 Å². The Labute approximate surface area is 174 Å². The molecule has 0 aliphatic heterocycles. The molecule has 0 saturated carbocycles. The molecule has 0 bridgehead atoms. The van der Waals surface area contributed by atoms with E-state index in [2.05, 4.69) is 15.5 Å². The predicted molar refractivity (Wildman–Crippen MR) is 117 cm³/mol. The van der Waals surface area contributed by atoms with Gasteiger partial charge in [-0.05, 0) is 65.6 Å². The monoisotopic (exact) mass is 398 g/mol. The summed E-state index contributed by atoms with van der Waals surface area (Å²) in [7, 11) is 0. The quantitative estimate of drug-likeness (QED) is 0.507. The molecule has 6 heteroatoms. The minimum atomic E-state index is -0.164. The number of rotatable bonds is 5. The molecule has 0 aliphatic carbocycles. The Hall–Kier alpha value is -3.77. The molecule has 4 rings (SSSR count). The van der Waals surface area contributed by atoms with Crippen LogP contribution in [0.15, 0.2) is 71.1 Å². The zero-order chi connectivity index (χ0) is 21.1. The molecule has 0 aliphatic rings. The van der Waals surface area contributed by atoms with Gasteiger partial charge in [0.1, 0.15) is 0 Å². The van der Waals surface area contributed by atoms with Crippen molar-refractivity contribution in [2.75, 3.05) is 5.32 Å². The van der Waals surface area contributed by atoms with Crippen molar-refractivity contribution in [2.45, 2.75) is 20.4 Å². The Kier molecular flexibility index (Phi) is 5.41. The number of nitrogens with zero attached hydrogens (tertiary/aromatic N) is 2. The van der Waals surface area contributed by atoms with Crippen LogP contribution in [0, 0.1) is 13.8 Å². The summed E-state index contributed by atoms with van der Waals surface area (Å²) in [6.45, 7) is 4.24. The first-order valence-electron chi connectivity index (χ1n) is 9.65. The average molecular weight is 398 g/mol. The van der Waals surface area contributed by atoms with E-state index in [1.54, 1.807) is 6.92 Å². The van der Waals surface area contributed by atoms with Crippen molar-refractivity contribution < 1.29 is 9.21 Å². The number of carbonyl (C=O) groups is 1. The fraction of sp³-hybridized carbons (Fsp3) is 0.125. The average Bonchev–Trinajstić information content (AvgIpc) is 3.20. The van der Waals surface area contributed by atoms with Crippen molar-refractivity contribution in [1.82, 2.24) is 10.2 Å². The highest BCUT2D eigenvalue weighted by Crippen LogP contribution is 2.29. The van der Waals surface area contributed by atoms with E-state index in [0.29, 0.717) is 23.9 Å². The first kappa shape index (κ1) is 19.5. The smallest absolute Gasteiger partial charge is 0.255 e. The van der Waals surface area contributed by atoms with Gasteiger partial charge in [-0.25, -0.2) is 0 Å². The van der Waals surface area contributed by atoms with E-state index < -0.39 is 0 Å². The zero-order valence-electron chi connectivity index (χ0n) is 16.8. The van der Waals surface area contributed by atoms with Crippen LogP contribution in [-0.4, -0.2) is 16.1 Å². The van der Waals surface area contributed by atoms with E-state index in [9.17, 15) is 4.79 Å². The molecule has 0 saturated heterocycles. The van der Waals surface area contributed by atoms with Crippen molar-refractivity contribution in [3.05, 3.63) is 89.3 Å². The number of hydrogen-bond acceptors (Lipinski definition) is 5. The van der Waals surface area contributed by atoms with Crippen LogP contribution in [0.3, 0.4) is 0 Å². The van der Waals surface area contributed by atoms with E-state index in [4.69, 9.17) is 10.2 Å². The summed E-state index contributed by atoms with van der Waals surface area (Å²) < 4.78 is 5.54. The maximum absolute atomic E-state index is 12.6. The number of amides is 1. The maximum Gasteiger partial charge on any atom is 0.255 e. The number of nitrogens with two attached hydrogens (primary N) is 1. The first-order valence-corrected chi connectivity index (χ1v) is 9.65. The van der Waals surface area contributed by atoms with E-state index >= 15 is 0 Å². The van der Waals surface area contributed by atoms with Gasteiger partial charge in [-0.2, -0.15) is 0 Å². The number of hydrogen-bond donors (Lipinski definition) is 2. The summed E-state index contributed by atoms with van der Waals surface area (Å²) >= 11 is 0. The van der Waals surface area contributed by atoms with Gasteiger partial charge in [-0.15, -0.1) is 10.2 Å². The molecule has 3 N–H and O–H groups in total. The third-order valence-electron chi connectivity index (χ3n) is 4.89. The number of benzene rings is 3. The summed E-state index contributed by atoms with van der Waals surface area (Å²) in [5.41, 5.74) is 12.0. The SMILES string of the molecule is Cc1nnc(-c2ccc(C)c(-c3ccc(C(=O)Nc4cccc(CN)c4)cc3)c2)o1. The lowest BCUT2D eigenvalue weighted by atomic mass is 9.97. The van der Waals surface area contributed by atoms with Gasteiger partial charge in [0.25, 0.3) is 5.91 Å². The standard InChI is InChI=1S/C24H22N4O2/c1-15-6-7-20(24-28-27-16(2)30-24)13-22(15)18-8-10-19(11-9-18)23(29)26-21-5-3-4-17(12-21)14-25/h3-13H,14,25H2,1-2H3,(H,26,29). The van der Waals surface area contributed by atoms with Gasteiger partial charge in [0.05, 0.1) is 0 Å². The van der Waals surface area contributed by atoms with Crippen LogP contribution in [-0.2, 0) is 6.54 Å². The second kappa shape index (κ2) is 8.31. The normalized spacial score (nSPS) is 10.8. The van der Waals surface area contributed by atoms with Crippen LogP contribution in [0.2, 0.25) is 0 Å². The van der Waals surface area contributed by atoms with Gasteiger partial charge < -0.3 is 15.5 Å². The van der Waals surface area contributed by atoms with Gasteiger partial charge in [0.2, 0.25) is 11.8 Å². The Morgan fingerprint density at radius 1 is 0.967 bits per heavy atom. The van der Waals surface area contributed by atoms with Gasteiger partial charge in [0.15, 0.2) is 0 Å². The maximum atomic E-state index is 12.6. The second-order valence-electron chi connectivity index (χ2n) is 7.09. The third kappa shape index (κ3) is 4.14. The Balaban J connectivity index is 1.56. The van der Waals surface area contributed by atoms with E-state index in [0.717, 1.165) is 33.5 Å². The number of nitrogens with one attached hydrogen (secondary N) is 1. The molecule has 0 atom stereocenters. The van der Waals surface area contributed by atoms with Crippen molar-refractivity contribution in [3.63, 3.8) is 0 Å². The highest BCUT2D eigenvalue weighted by atomic mass is 16.4. The molecule has 0 radical (unpaired) electrons. The van der Waals surface area contributed by atoms with Crippen molar-refractivity contribution in [3.8, 4) is 22.6 Å². The second-order valence-corrected chi connectivity index (χ2v) is 7.09. The molecule has 150 valence electrons. The van der Waals surface area contributed by atoms with E-state index in [1.165, 1.54) is 0 Å². The van der Waals surface area contributed by atoms with Crippen LogP contribution in [0.25, 0.3) is 22.6 Å². The Bertz CT molecular complexity index is 1200. The number of anilines is 1. The molecule has 0 fully saturated rings. The first-order chi connectivity index (χ1) is 14.5. The lowest BCUT2D eigenvalue weighted by molar-refractivity contribution is 0.102. The van der Waals surface area contributed by atoms with Crippen LogP contribution >= 0.6 is 0 Å². The zero-order valence-corrected chi connectivity index (χ0v) is 16.8. The third-order valence-corrected chi connectivity index (χ3v) is 4.89. The van der Waals surface area contributed by atoms with E-state index in [-0.39, 0.29) is 5.91 Å². The number of aryl methyl sites for hydroxylation is 2. The van der Waals surface area contributed by atoms with Gasteiger partial charge in [-0.1, -0.05) is 30.3 Å². The van der Waals surface area contributed by atoms with Crippen LogP contribution < -0.4 is 11.1 Å². The molecule has 0 unspecified atom stereocenters. The fourth-order valence-corrected chi connectivity index (χ4v) is 3.26. The topological polar surface area (TPSA) is 94.0 Å². The van der Waals surface area contributed by atoms with Crippen LogP contribution in [0.4, 0.5) is 5.69 Å². The molecule has 1 amide bonds. The van der Waals surface area contributed by atoms with Crippen molar-refractivity contribution >= 4 is 11.6 Å². The summed E-state index contributed by atoms with van der Waals surface area (Å²) in [6, 6.07) is 21.1. The van der Waals surface area contributed by atoms with Crippen LogP contribution in [0.1, 0.15) is 27.4 Å². The molecule has 1 aromatic heterocycles. The summed E-state index contributed by atoms with van der Waals surface area (Å²) in [4.78, 5) is 12.6. The van der Waals surface area contributed by atoms with Crippen LogP contribution in [0.5, 0.6) is 0 Å². The predicted octanol–water partition coefficient (Wildman–Crippen LogP) is 4.73. The highest BCUT2D eigenvalue weighted by molar-refractivity contribution is 6.04. The lowest BCUT2D eigenvalue weighted by Crippen LogP contribution is -2.12. The molecule has 30 heavy (non-hydrogen) atoms. The molecular formula is C24H22N4O2. The van der Waals surface area contributed by atoms with Crippen molar-refractivity contribution in [2.24, 2.45) is 5.73 Å². The Morgan fingerprint density at radius 2 is 1.73 bits per heavy atom. The minimum Gasteiger partial charge on any atom is -0.421 e. The summed E-state index contributed by atoms with van der Waals surface area (Å²) in [6.07, 6.45) is 0. The molecule has 4 aromatic rings. The minimum absolute atomic E-state index is 0.164. The van der Waals surface area contributed by atoms with Crippen molar-refractivity contribution in [1.29, 1.82) is 0 Å². The fourth-order valence-electron chi connectivity index (χ4n) is 3.26. The summed E-state index contributed by atoms with van der Waals surface area (Å²) in [5.74, 6) is 0.853. The van der Waals surface area contributed by atoms with Gasteiger partial charge in [-0.3, -0.25) is 4.79 Å². The molecule has 3 aromatic carbocycles. The number of carbonyl (C=O) groups excluding carboxylic acids is 1. The summed E-state index contributed by atoms with van der Waals surface area (Å²) in [5, 5.41) is 10.9.